The Labute approximate surface area is 159 Å². The van der Waals surface area contributed by atoms with E-state index in [4.69, 9.17) is 14.5 Å². The average molecular weight is 364 g/mol. The van der Waals surface area contributed by atoms with Gasteiger partial charge in [0.05, 0.1) is 14.2 Å². The number of nitrogens with zero attached hydrogens (tertiary/aromatic N) is 4. The van der Waals surface area contributed by atoms with E-state index in [2.05, 4.69) is 14.9 Å². The number of aryl methyl sites for hydroxylation is 1. The summed E-state index contributed by atoms with van der Waals surface area (Å²) in [5, 5.41) is 0. The maximum atomic E-state index is 5.52. The van der Waals surface area contributed by atoms with Gasteiger partial charge in [0.25, 0.3) is 0 Å². The molecule has 6 heteroatoms. The van der Waals surface area contributed by atoms with E-state index in [-0.39, 0.29) is 0 Å². The lowest BCUT2D eigenvalue weighted by Crippen LogP contribution is -2.20. The van der Waals surface area contributed by atoms with E-state index in [1.165, 1.54) is 0 Å². The van der Waals surface area contributed by atoms with Crippen LogP contribution in [0.5, 0.6) is 11.5 Å². The fourth-order valence-electron chi connectivity index (χ4n) is 2.91. The molecule has 3 rings (SSSR count). The number of pyridine rings is 1. The molecular formula is C21H24N4O2. The molecular weight excluding hydrogens is 340 g/mol. The summed E-state index contributed by atoms with van der Waals surface area (Å²) in [6, 6.07) is 11.6. The van der Waals surface area contributed by atoms with Gasteiger partial charge in [-0.2, -0.15) is 0 Å². The lowest BCUT2D eigenvalue weighted by molar-refractivity contribution is 0.391. The number of rotatable bonds is 6. The first-order valence-electron chi connectivity index (χ1n) is 8.72. The second-order valence-corrected chi connectivity index (χ2v) is 6.33. The number of ether oxygens (including phenoxy) is 2. The fraction of sp³-hybridized carbons (Fsp3) is 0.286. The van der Waals surface area contributed by atoms with Crippen LogP contribution in [0.1, 0.15) is 16.8 Å². The SMILES string of the molecule is COc1ccc(CN(C)c2nc(-c3ccccn3)nc(C)c2C)c(OC)c1. The third-order valence-electron chi connectivity index (χ3n) is 4.52. The molecule has 0 atom stereocenters. The number of aromatic nitrogens is 3. The smallest absolute Gasteiger partial charge is 0.180 e. The van der Waals surface area contributed by atoms with E-state index in [0.717, 1.165) is 39.8 Å². The fourth-order valence-corrected chi connectivity index (χ4v) is 2.91. The van der Waals surface area contributed by atoms with Gasteiger partial charge < -0.3 is 14.4 Å². The molecule has 0 radical (unpaired) electrons. The summed E-state index contributed by atoms with van der Waals surface area (Å²) >= 11 is 0. The van der Waals surface area contributed by atoms with Crippen molar-refractivity contribution in [3.05, 3.63) is 59.4 Å². The van der Waals surface area contributed by atoms with Crippen LogP contribution in [-0.2, 0) is 6.54 Å². The van der Waals surface area contributed by atoms with Crippen molar-refractivity contribution in [3.8, 4) is 23.0 Å². The second kappa shape index (κ2) is 8.03. The molecule has 0 aliphatic carbocycles. The standard InChI is InChI=1S/C21H24N4O2/c1-14-15(2)23-20(18-8-6-7-11-22-18)24-21(14)25(3)13-16-9-10-17(26-4)12-19(16)27-5/h6-12H,13H2,1-5H3. The maximum absolute atomic E-state index is 5.52. The molecule has 6 nitrogen and oxygen atoms in total. The van der Waals surface area contributed by atoms with Gasteiger partial charge in [-0.3, -0.25) is 4.98 Å². The molecule has 0 bridgehead atoms. The zero-order valence-electron chi connectivity index (χ0n) is 16.4. The number of anilines is 1. The van der Waals surface area contributed by atoms with Gasteiger partial charge in [0, 0.05) is 42.7 Å². The Hall–Kier alpha value is -3.15. The quantitative estimate of drug-likeness (QED) is 0.663. The zero-order chi connectivity index (χ0) is 19.4. The van der Waals surface area contributed by atoms with E-state index in [1.807, 2.05) is 57.3 Å². The normalized spacial score (nSPS) is 10.6. The Morgan fingerprint density at radius 3 is 2.48 bits per heavy atom. The van der Waals surface area contributed by atoms with Crippen molar-refractivity contribution in [1.29, 1.82) is 0 Å². The van der Waals surface area contributed by atoms with Crippen LogP contribution in [0.25, 0.3) is 11.5 Å². The van der Waals surface area contributed by atoms with Gasteiger partial charge in [-0.15, -0.1) is 0 Å². The number of hydrogen-bond donors (Lipinski definition) is 0. The molecule has 0 unspecified atom stereocenters. The lowest BCUT2D eigenvalue weighted by Gasteiger charge is -2.23. The second-order valence-electron chi connectivity index (χ2n) is 6.33. The molecule has 0 aliphatic rings. The summed E-state index contributed by atoms with van der Waals surface area (Å²) < 4.78 is 10.8. The minimum atomic E-state index is 0.627. The lowest BCUT2D eigenvalue weighted by atomic mass is 10.1. The van der Waals surface area contributed by atoms with Crippen molar-refractivity contribution in [2.24, 2.45) is 0 Å². The molecule has 27 heavy (non-hydrogen) atoms. The first-order chi connectivity index (χ1) is 13.0. The van der Waals surface area contributed by atoms with Crippen molar-refractivity contribution in [2.75, 3.05) is 26.2 Å². The van der Waals surface area contributed by atoms with Crippen LogP contribution in [-0.4, -0.2) is 36.2 Å². The summed E-state index contributed by atoms with van der Waals surface area (Å²) in [5.41, 5.74) is 3.80. The van der Waals surface area contributed by atoms with Crippen LogP contribution in [0, 0.1) is 13.8 Å². The molecule has 0 N–H and O–H groups in total. The van der Waals surface area contributed by atoms with Crippen molar-refractivity contribution in [2.45, 2.75) is 20.4 Å². The van der Waals surface area contributed by atoms with Gasteiger partial charge in [0.1, 0.15) is 23.0 Å². The minimum Gasteiger partial charge on any atom is -0.497 e. The average Bonchev–Trinajstić information content (AvgIpc) is 2.70. The van der Waals surface area contributed by atoms with Crippen molar-refractivity contribution < 1.29 is 9.47 Å². The largest absolute Gasteiger partial charge is 0.497 e. The predicted octanol–water partition coefficient (Wildman–Crippen LogP) is 3.81. The first kappa shape index (κ1) is 18.6. The summed E-state index contributed by atoms with van der Waals surface area (Å²) in [6.07, 6.45) is 1.75. The highest BCUT2D eigenvalue weighted by Gasteiger charge is 2.16. The Morgan fingerprint density at radius 2 is 1.81 bits per heavy atom. The molecule has 0 aliphatic heterocycles. The summed E-state index contributed by atoms with van der Waals surface area (Å²) in [5.74, 6) is 3.06. The van der Waals surface area contributed by atoms with Crippen LogP contribution in [0.2, 0.25) is 0 Å². The summed E-state index contributed by atoms with van der Waals surface area (Å²) in [6.45, 7) is 4.68. The van der Waals surface area contributed by atoms with E-state index < -0.39 is 0 Å². The molecule has 0 amide bonds. The van der Waals surface area contributed by atoms with Crippen LogP contribution in [0.15, 0.2) is 42.6 Å². The Kier molecular flexibility index (Phi) is 5.54. The van der Waals surface area contributed by atoms with Crippen LogP contribution in [0.4, 0.5) is 5.82 Å². The molecule has 0 fully saturated rings. The van der Waals surface area contributed by atoms with Gasteiger partial charge in [0.15, 0.2) is 5.82 Å². The number of methoxy groups -OCH3 is 2. The molecule has 3 aromatic rings. The van der Waals surface area contributed by atoms with Gasteiger partial charge in [-0.05, 0) is 38.1 Å². The van der Waals surface area contributed by atoms with E-state index in [9.17, 15) is 0 Å². The highest BCUT2D eigenvalue weighted by atomic mass is 16.5. The number of benzene rings is 1. The van der Waals surface area contributed by atoms with Crippen molar-refractivity contribution >= 4 is 5.82 Å². The Bertz CT molecular complexity index is 929. The Balaban J connectivity index is 1.95. The molecule has 2 aromatic heterocycles. The molecule has 1 aromatic carbocycles. The summed E-state index contributed by atoms with van der Waals surface area (Å²) in [4.78, 5) is 15.9. The van der Waals surface area contributed by atoms with Crippen molar-refractivity contribution in [1.82, 2.24) is 15.0 Å². The van der Waals surface area contributed by atoms with E-state index >= 15 is 0 Å². The minimum absolute atomic E-state index is 0.627. The molecule has 0 saturated heterocycles. The van der Waals surface area contributed by atoms with Crippen molar-refractivity contribution in [3.63, 3.8) is 0 Å². The molecule has 0 spiro atoms. The summed E-state index contributed by atoms with van der Waals surface area (Å²) in [7, 11) is 5.32. The third-order valence-corrected chi connectivity index (χ3v) is 4.52. The Morgan fingerprint density at radius 1 is 1.00 bits per heavy atom. The van der Waals surface area contributed by atoms with Crippen LogP contribution >= 0.6 is 0 Å². The van der Waals surface area contributed by atoms with Gasteiger partial charge in [0.2, 0.25) is 0 Å². The topological polar surface area (TPSA) is 60.4 Å². The van der Waals surface area contributed by atoms with Crippen LogP contribution in [0.3, 0.4) is 0 Å². The molecule has 2 heterocycles. The highest BCUT2D eigenvalue weighted by molar-refractivity contribution is 5.57. The van der Waals surface area contributed by atoms with E-state index in [0.29, 0.717) is 12.4 Å². The molecule has 140 valence electrons. The first-order valence-corrected chi connectivity index (χ1v) is 8.72. The highest BCUT2D eigenvalue weighted by Crippen LogP contribution is 2.28. The van der Waals surface area contributed by atoms with Gasteiger partial charge in [-0.25, -0.2) is 9.97 Å². The third kappa shape index (κ3) is 4.00. The molecule has 0 saturated carbocycles. The predicted molar refractivity (Wildman–Crippen MR) is 106 cm³/mol. The zero-order valence-corrected chi connectivity index (χ0v) is 16.4. The van der Waals surface area contributed by atoms with Gasteiger partial charge in [-0.1, -0.05) is 6.07 Å². The van der Waals surface area contributed by atoms with E-state index in [1.54, 1.807) is 20.4 Å². The maximum Gasteiger partial charge on any atom is 0.180 e. The monoisotopic (exact) mass is 364 g/mol. The van der Waals surface area contributed by atoms with Crippen LogP contribution < -0.4 is 14.4 Å². The van der Waals surface area contributed by atoms with Gasteiger partial charge >= 0.3 is 0 Å². The number of hydrogen-bond acceptors (Lipinski definition) is 6.